The molecule has 0 N–H and O–H groups in total. The first-order valence-electron chi connectivity index (χ1n) is 10.7. The largest absolute Gasteiger partial charge is 0.497 e. The topological polar surface area (TPSA) is 86.5 Å². The molecule has 4 rings (SSSR count). The van der Waals surface area contributed by atoms with Crippen LogP contribution in [0.3, 0.4) is 0 Å². The molecule has 33 heavy (non-hydrogen) atoms. The Bertz CT molecular complexity index is 1210. The summed E-state index contributed by atoms with van der Waals surface area (Å²) in [5, 5.41) is 8.32. The van der Waals surface area contributed by atoms with E-state index >= 15 is 0 Å². The minimum Gasteiger partial charge on any atom is -0.497 e. The molecule has 10 heteroatoms. The summed E-state index contributed by atoms with van der Waals surface area (Å²) in [6.07, 6.45) is 2.27. The zero-order valence-electron chi connectivity index (χ0n) is 18.8. The lowest BCUT2D eigenvalue weighted by molar-refractivity contribution is 0.186. The number of fused-ring (bicyclic) bond motifs is 1. The highest BCUT2D eigenvalue weighted by Crippen LogP contribution is 2.35. The summed E-state index contributed by atoms with van der Waals surface area (Å²) in [6, 6.07) is 11.2. The van der Waals surface area contributed by atoms with Crippen LogP contribution in [0.1, 0.15) is 31.5 Å². The summed E-state index contributed by atoms with van der Waals surface area (Å²) in [7, 11) is -2.55. The molecule has 0 unspecified atom stereocenters. The summed E-state index contributed by atoms with van der Waals surface area (Å²) in [5.41, 5.74) is 1.47. The standard InChI is InChI=1S/C23H27FN4O4S/c1-16(2)11-19-15-32-22-6-4-5-21(24)23(22)33(29,30)28(19)14-18-13-27(26-25-18)12-17-7-9-20(31-3)10-8-17/h4-10,13,16,19H,11-12,14-15H2,1-3H3/t19-/m0/s1. The van der Waals surface area contributed by atoms with E-state index in [4.69, 9.17) is 9.47 Å². The van der Waals surface area contributed by atoms with Crippen molar-refractivity contribution >= 4 is 10.0 Å². The molecule has 2 heterocycles. The highest BCUT2D eigenvalue weighted by molar-refractivity contribution is 7.89. The van der Waals surface area contributed by atoms with E-state index in [-0.39, 0.29) is 24.8 Å². The van der Waals surface area contributed by atoms with Gasteiger partial charge in [0.25, 0.3) is 0 Å². The summed E-state index contributed by atoms with van der Waals surface area (Å²) >= 11 is 0. The van der Waals surface area contributed by atoms with E-state index in [1.807, 2.05) is 38.1 Å². The predicted octanol–water partition coefficient (Wildman–Crippen LogP) is 3.47. The van der Waals surface area contributed by atoms with Crippen molar-refractivity contribution < 1.29 is 22.3 Å². The minimum absolute atomic E-state index is 0.0283. The Hall–Kier alpha value is -2.98. The first-order valence-corrected chi connectivity index (χ1v) is 12.2. The average Bonchev–Trinajstić information content (AvgIpc) is 3.18. The molecule has 0 fully saturated rings. The number of ether oxygens (including phenoxy) is 2. The smallest absolute Gasteiger partial charge is 0.250 e. The Labute approximate surface area is 193 Å². The molecular formula is C23H27FN4O4S. The molecule has 8 nitrogen and oxygen atoms in total. The molecular weight excluding hydrogens is 447 g/mol. The van der Waals surface area contributed by atoms with Crippen molar-refractivity contribution in [3.8, 4) is 11.5 Å². The maximum atomic E-state index is 14.6. The third-order valence-corrected chi connectivity index (χ3v) is 7.44. The number of aromatic nitrogens is 3. The van der Waals surface area contributed by atoms with Crippen LogP contribution in [0, 0.1) is 11.7 Å². The lowest BCUT2D eigenvalue weighted by Crippen LogP contribution is -2.42. The van der Waals surface area contributed by atoms with E-state index in [9.17, 15) is 12.8 Å². The third-order valence-electron chi connectivity index (χ3n) is 5.49. The van der Waals surface area contributed by atoms with Gasteiger partial charge in [0.2, 0.25) is 10.0 Å². The summed E-state index contributed by atoms with van der Waals surface area (Å²) in [6.45, 7) is 4.59. The van der Waals surface area contributed by atoms with Gasteiger partial charge in [-0.3, -0.25) is 0 Å². The molecule has 0 saturated carbocycles. The van der Waals surface area contributed by atoms with Crippen LogP contribution >= 0.6 is 0 Å². The van der Waals surface area contributed by atoms with Gasteiger partial charge >= 0.3 is 0 Å². The Morgan fingerprint density at radius 1 is 1.18 bits per heavy atom. The molecule has 1 aromatic heterocycles. The number of rotatable bonds is 7. The molecule has 2 aromatic carbocycles. The molecule has 3 aromatic rings. The monoisotopic (exact) mass is 474 g/mol. The van der Waals surface area contributed by atoms with E-state index in [0.717, 1.165) is 17.4 Å². The van der Waals surface area contributed by atoms with E-state index in [1.165, 1.54) is 16.4 Å². The number of methoxy groups -OCH3 is 1. The first kappa shape index (κ1) is 23.2. The summed E-state index contributed by atoms with van der Waals surface area (Å²) < 4.78 is 55.5. The quantitative estimate of drug-likeness (QED) is 0.521. The van der Waals surface area contributed by atoms with Crippen LogP contribution in [-0.4, -0.2) is 47.5 Å². The molecule has 1 aliphatic rings. The molecule has 1 atom stereocenters. The van der Waals surface area contributed by atoms with Crippen LogP contribution in [-0.2, 0) is 23.1 Å². The van der Waals surface area contributed by atoms with Crippen molar-refractivity contribution in [1.29, 1.82) is 0 Å². The van der Waals surface area contributed by atoms with Gasteiger partial charge in [-0.15, -0.1) is 5.10 Å². The number of hydrogen-bond acceptors (Lipinski definition) is 6. The van der Waals surface area contributed by atoms with E-state index < -0.39 is 26.8 Å². The summed E-state index contributed by atoms with van der Waals surface area (Å²) in [5.74, 6) is 0.184. The van der Waals surface area contributed by atoms with Gasteiger partial charge < -0.3 is 9.47 Å². The number of nitrogens with zero attached hydrogens (tertiary/aromatic N) is 4. The molecule has 0 amide bonds. The van der Waals surface area contributed by atoms with Crippen LogP contribution < -0.4 is 9.47 Å². The van der Waals surface area contributed by atoms with Crippen molar-refractivity contribution in [3.05, 3.63) is 65.7 Å². The second kappa shape index (κ2) is 9.48. The molecule has 0 radical (unpaired) electrons. The van der Waals surface area contributed by atoms with E-state index in [1.54, 1.807) is 18.0 Å². The Kier molecular flexibility index (Phi) is 6.66. The van der Waals surface area contributed by atoms with Gasteiger partial charge in [-0.05, 0) is 42.2 Å². The Morgan fingerprint density at radius 2 is 1.94 bits per heavy atom. The number of hydrogen-bond donors (Lipinski definition) is 0. The van der Waals surface area contributed by atoms with Gasteiger partial charge in [0.05, 0.1) is 38.1 Å². The van der Waals surface area contributed by atoms with Crippen LogP contribution in [0.15, 0.2) is 53.6 Å². The summed E-state index contributed by atoms with van der Waals surface area (Å²) in [4.78, 5) is -0.429. The Balaban J connectivity index is 1.61. The van der Waals surface area contributed by atoms with Crippen molar-refractivity contribution in [3.63, 3.8) is 0 Å². The predicted molar refractivity (Wildman–Crippen MR) is 120 cm³/mol. The van der Waals surface area contributed by atoms with Crippen LogP contribution in [0.4, 0.5) is 4.39 Å². The molecule has 1 aliphatic heterocycles. The number of benzene rings is 2. The highest BCUT2D eigenvalue weighted by Gasteiger charge is 2.39. The molecule has 0 bridgehead atoms. The van der Waals surface area contributed by atoms with E-state index in [2.05, 4.69) is 10.3 Å². The lowest BCUT2D eigenvalue weighted by Gasteiger charge is -2.28. The first-order chi connectivity index (χ1) is 15.8. The number of halogens is 1. The minimum atomic E-state index is -4.16. The van der Waals surface area contributed by atoms with Crippen molar-refractivity contribution in [2.45, 2.75) is 44.3 Å². The van der Waals surface area contributed by atoms with Gasteiger partial charge in [0.15, 0.2) is 4.90 Å². The van der Waals surface area contributed by atoms with Crippen LogP contribution in [0.5, 0.6) is 11.5 Å². The van der Waals surface area contributed by atoms with Crippen molar-refractivity contribution in [2.24, 2.45) is 5.92 Å². The third kappa shape index (κ3) is 5.01. The maximum Gasteiger partial charge on any atom is 0.250 e. The molecule has 176 valence electrons. The maximum absolute atomic E-state index is 14.6. The molecule has 0 aliphatic carbocycles. The Morgan fingerprint density at radius 3 is 2.64 bits per heavy atom. The van der Waals surface area contributed by atoms with Gasteiger partial charge in [-0.2, -0.15) is 4.31 Å². The van der Waals surface area contributed by atoms with Crippen molar-refractivity contribution in [2.75, 3.05) is 13.7 Å². The zero-order chi connectivity index (χ0) is 23.6. The fourth-order valence-corrected chi connectivity index (χ4v) is 5.72. The van der Waals surface area contributed by atoms with Crippen molar-refractivity contribution in [1.82, 2.24) is 19.3 Å². The van der Waals surface area contributed by atoms with Gasteiger partial charge in [-0.1, -0.05) is 37.3 Å². The average molecular weight is 475 g/mol. The zero-order valence-corrected chi connectivity index (χ0v) is 19.6. The second-order valence-corrected chi connectivity index (χ2v) is 10.3. The fraction of sp³-hybridized carbons (Fsp3) is 0.391. The van der Waals surface area contributed by atoms with Crippen LogP contribution in [0.2, 0.25) is 0 Å². The number of sulfonamides is 1. The second-order valence-electron chi connectivity index (χ2n) is 8.47. The van der Waals surface area contributed by atoms with Gasteiger partial charge in [0.1, 0.15) is 23.9 Å². The highest BCUT2D eigenvalue weighted by atomic mass is 32.2. The lowest BCUT2D eigenvalue weighted by atomic mass is 10.0. The molecule has 0 spiro atoms. The SMILES string of the molecule is COc1ccc(Cn2cc(CN3[C@@H](CC(C)C)COc4cccc(F)c4S3(=O)=O)nn2)cc1. The fourth-order valence-electron chi connectivity index (χ4n) is 3.95. The molecule has 0 saturated heterocycles. The van der Waals surface area contributed by atoms with Crippen LogP contribution in [0.25, 0.3) is 0 Å². The van der Waals surface area contributed by atoms with Gasteiger partial charge in [0, 0.05) is 0 Å². The van der Waals surface area contributed by atoms with E-state index in [0.29, 0.717) is 18.7 Å². The normalized spacial score (nSPS) is 17.9. The van der Waals surface area contributed by atoms with Gasteiger partial charge in [-0.25, -0.2) is 17.5 Å².